The summed E-state index contributed by atoms with van der Waals surface area (Å²) in [5, 5.41) is 7.35. The average molecular weight is 303 g/mol. The lowest BCUT2D eigenvalue weighted by atomic mass is 10.2. The first-order chi connectivity index (χ1) is 10.6. The van der Waals surface area contributed by atoms with Crippen LogP contribution in [-0.4, -0.2) is 46.3 Å². The molecule has 1 aliphatic carbocycles. The van der Waals surface area contributed by atoms with E-state index in [-0.39, 0.29) is 11.9 Å². The number of carbonyl (C=O) groups excluding carboxylic acids is 1. The van der Waals surface area contributed by atoms with Crippen LogP contribution in [0.4, 0.5) is 0 Å². The van der Waals surface area contributed by atoms with E-state index in [1.165, 1.54) is 12.0 Å². The van der Waals surface area contributed by atoms with E-state index in [1.54, 1.807) is 4.68 Å². The summed E-state index contributed by atoms with van der Waals surface area (Å²) in [5.74, 6) is -0.0769. The van der Waals surface area contributed by atoms with E-state index < -0.39 is 0 Å². The largest absolute Gasteiger partial charge is 0.347 e. The van der Waals surface area contributed by atoms with Crippen molar-refractivity contribution in [2.45, 2.75) is 38.3 Å². The van der Waals surface area contributed by atoms with Crippen molar-refractivity contribution in [3.8, 4) is 0 Å². The molecule has 0 spiro atoms. The molecule has 3 rings (SSSR count). The molecule has 6 heteroatoms. The molecule has 0 radical (unpaired) electrons. The highest BCUT2D eigenvalue weighted by molar-refractivity contribution is 5.93. The third-order valence-electron chi connectivity index (χ3n) is 4.43. The van der Waals surface area contributed by atoms with Crippen LogP contribution in [0.2, 0.25) is 0 Å². The van der Waals surface area contributed by atoms with Gasteiger partial charge < -0.3 is 11.1 Å². The van der Waals surface area contributed by atoms with E-state index in [0.29, 0.717) is 12.2 Å². The molecule has 1 amide bonds. The van der Waals surface area contributed by atoms with Gasteiger partial charge in [0.05, 0.1) is 0 Å². The van der Waals surface area contributed by atoms with E-state index in [4.69, 9.17) is 5.73 Å². The highest BCUT2D eigenvalue weighted by Gasteiger charge is 2.23. The van der Waals surface area contributed by atoms with Gasteiger partial charge in [0.1, 0.15) is 0 Å². The van der Waals surface area contributed by atoms with Crippen LogP contribution in [0.1, 0.15) is 41.7 Å². The maximum atomic E-state index is 12.4. The topological polar surface area (TPSA) is 76.2 Å². The van der Waals surface area contributed by atoms with E-state index in [2.05, 4.69) is 21.4 Å². The number of hydrogen-bond donors (Lipinski definition) is 2. The van der Waals surface area contributed by atoms with Gasteiger partial charge >= 0.3 is 0 Å². The minimum atomic E-state index is -0.0769. The Kier molecular flexibility index (Phi) is 4.59. The number of likely N-dealkylation sites (tertiary alicyclic amines) is 1. The molecule has 6 nitrogen and oxygen atoms in total. The quantitative estimate of drug-likeness (QED) is 0.789. The number of aromatic nitrogens is 2. The predicted molar refractivity (Wildman–Crippen MR) is 85.3 cm³/mol. The molecular weight excluding hydrogens is 278 g/mol. The molecule has 22 heavy (non-hydrogen) atoms. The lowest BCUT2D eigenvalue weighted by Crippen LogP contribution is -2.29. The fourth-order valence-corrected chi connectivity index (χ4v) is 3.27. The summed E-state index contributed by atoms with van der Waals surface area (Å²) in [7, 11) is 1.86. The molecule has 1 unspecified atom stereocenters. The lowest BCUT2D eigenvalue weighted by Gasteiger charge is -2.14. The first-order valence-corrected chi connectivity index (χ1v) is 8.08. The Bertz CT molecular complexity index is 577. The maximum absolute atomic E-state index is 12.4. The van der Waals surface area contributed by atoms with Gasteiger partial charge in [-0.25, -0.2) is 0 Å². The number of aryl methyl sites for hydroxylation is 1. The molecule has 1 aromatic rings. The third-order valence-corrected chi connectivity index (χ3v) is 4.43. The number of carbonyl (C=O) groups is 1. The summed E-state index contributed by atoms with van der Waals surface area (Å²) < 4.78 is 1.72. The SMILES string of the molecule is Cn1cc(CN2CCC(N)C2)c(C(=O)NCC2=CCCC2)n1. The fraction of sp³-hybridized carbons (Fsp3) is 0.625. The second-order valence-electron chi connectivity index (χ2n) is 6.40. The Morgan fingerprint density at radius 1 is 1.55 bits per heavy atom. The van der Waals surface area contributed by atoms with Crippen molar-refractivity contribution in [1.29, 1.82) is 0 Å². The molecule has 1 saturated heterocycles. The first kappa shape index (κ1) is 15.2. The van der Waals surface area contributed by atoms with Gasteiger partial charge in [0.15, 0.2) is 5.69 Å². The Labute approximate surface area is 131 Å². The summed E-state index contributed by atoms with van der Waals surface area (Å²) >= 11 is 0. The van der Waals surface area contributed by atoms with Gasteiger partial charge in [0.2, 0.25) is 0 Å². The Morgan fingerprint density at radius 2 is 2.41 bits per heavy atom. The van der Waals surface area contributed by atoms with Crippen molar-refractivity contribution in [3.05, 3.63) is 29.1 Å². The van der Waals surface area contributed by atoms with E-state index in [1.807, 2.05) is 13.2 Å². The van der Waals surface area contributed by atoms with Crippen LogP contribution in [0.25, 0.3) is 0 Å². The number of rotatable bonds is 5. The molecule has 0 saturated carbocycles. The van der Waals surface area contributed by atoms with Crippen LogP contribution in [0.15, 0.2) is 17.8 Å². The van der Waals surface area contributed by atoms with Crippen LogP contribution < -0.4 is 11.1 Å². The molecule has 1 fully saturated rings. The average Bonchev–Trinajstić information content (AvgIpc) is 3.19. The van der Waals surface area contributed by atoms with Crippen LogP contribution in [-0.2, 0) is 13.6 Å². The number of nitrogens with two attached hydrogens (primary N) is 1. The van der Waals surface area contributed by atoms with Crippen LogP contribution in [0.5, 0.6) is 0 Å². The summed E-state index contributed by atoms with van der Waals surface area (Å²) in [6, 6.07) is 0.253. The van der Waals surface area contributed by atoms with E-state index in [0.717, 1.165) is 44.5 Å². The molecule has 120 valence electrons. The van der Waals surface area contributed by atoms with Gasteiger partial charge in [-0.05, 0) is 25.7 Å². The highest BCUT2D eigenvalue weighted by Crippen LogP contribution is 2.17. The Balaban J connectivity index is 1.63. The van der Waals surface area contributed by atoms with E-state index in [9.17, 15) is 4.79 Å². The zero-order chi connectivity index (χ0) is 15.5. The zero-order valence-electron chi connectivity index (χ0n) is 13.2. The van der Waals surface area contributed by atoms with E-state index >= 15 is 0 Å². The van der Waals surface area contributed by atoms with Gasteiger partial charge in [-0.1, -0.05) is 11.6 Å². The smallest absolute Gasteiger partial charge is 0.272 e. The normalized spacial score (nSPS) is 22.1. The van der Waals surface area contributed by atoms with Gasteiger partial charge in [0.25, 0.3) is 5.91 Å². The monoisotopic (exact) mass is 303 g/mol. The minimum Gasteiger partial charge on any atom is -0.347 e. The number of allylic oxidation sites excluding steroid dienone is 1. The molecule has 2 heterocycles. The zero-order valence-corrected chi connectivity index (χ0v) is 13.2. The van der Waals surface area contributed by atoms with Crippen molar-refractivity contribution < 1.29 is 4.79 Å². The van der Waals surface area contributed by atoms with Crippen molar-refractivity contribution in [1.82, 2.24) is 20.0 Å². The molecular formula is C16H25N5O. The predicted octanol–water partition coefficient (Wildman–Crippen LogP) is 0.793. The van der Waals surface area contributed by atoms with Crippen LogP contribution in [0.3, 0.4) is 0 Å². The molecule has 0 aromatic carbocycles. The molecule has 2 aliphatic rings. The molecule has 0 bridgehead atoms. The second-order valence-corrected chi connectivity index (χ2v) is 6.40. The number of hydrogen-bond acceptors (Lipinski definition) is 4. The number of amides is 1. The number of nitrogens with one attached hydrogen (secondary N) is 1. The van der Waals surface area contributed by atoms with Gasteiger partial charge in [-0.2, -0.15) is 5.10 Å². The maximum Gasteiger partial charge on any atom is 0.272 e. The Hall–Kier alpha value is -1.66. The standard InChI is InChI=1S/C16H25N5O/c1-20-9-13(10-21-7-6-14(17)11-21)15(19-20)16(22)18-8-12-4-2-3-5-12/h4,9,14H,2-3,5-8,10-11,17H2,1H3,(H,18,22). The summed E-state index contributed by atoms with van der Waals surface area (Å²) in [4.78, 5) is 14.7. The minimum absolute atomic E-state index is 0.0769. The fourth-order valence-electron chi connectivity index (χ4n) is 3.27. The van der Waals surface area contributed by atoms with Crippen molar-refractivity contribution in [2.75, 3.05) is 19.6 Å². The number of nitrogens with zero attached hydrogens (tertiary/aromatic N) is 3. The van der Waals surface area contributed by atoms with Crippen LogP contribution in [0, 0.1) is 0 Å². The van der Waals surface area contributed by atoms with Crippen molar-refractivity contribution in [3.63, 3.8) is 0 Å². The lowest BCUT2D eigenvalue weighted by molar-refractivity contribution is 0.0949. The highest BCUT2D eigenvalue weighted by atomic mass is 16.1. The summed E-state index contributed by atoms with van der Waals surface area (Å²) in [6.45, 7) is 3.27. The Morgan fingerprint density at radius 3 is 3.09 bits per heavy atom. The summed E-state index contributed by atoms with van der Waals surface area (Å²) in [5.41, 5.74) is 8.81. The summed E-state index contributed by atoms with van der Waals surface area (Å²) in [6.07, 6.45) is 8.63. The molecule has 1 aliphatic heterocycles. The van der Waals surface area contributed by atoms with Crippen molar-refractivity contribution in [2.24, 2.45) is 12.8 Å². The van der Waals surface area contributed by atoms with Crippen LogP contribution >= 0.6 is 0 Å². The third kappa shape index (κ3) is 3.56. The van der Waals surface area contributed by atoms with Gasteiger partial charge in [-0.15, -0.1) is 0 Å². The first-order valence-electron chi connectivity index (χ1n) is 8.08. The molecule has 1 aromatic heterocycles. The van der Waals surface area contributed by atoms with Gasteiger partial charge in [-0.3, -0.25) is 14.4 Å². The van der Waals surface area contributed by atoms with Gasteiger partial charge in [0, 0.05) is 51.0 Å². The second kappa shape index (κ2) is 6.62. The van der Waals surface area contributed by atoms with Crippen molar-refractivity contribution >= 4 is 5.91 Å². The molecule has 3 N–H and O–H groups in total. The molecule has 1 atom stereocenters.